The molecule has 1 fully saturated rings. The third-order valence-corrected chi connectivity index (χ3v) is 7.30. The Morgan fingerprint density at radius 3 is 2.54 bits per heavy atom. The lowest BCUT2D eigenvalue weighted by atomic mass is 9.90. The van der Waals surface area contributed by atoms with Gasteiger partial charge in [0.15, 0.2) is 0 Å². The maximum atomic E-state index is 13.5. The van der Waals surface area contributed by atoms with Gasteiger partial charge in [0.05, 0.1) is 19.4 Å². The van der Waals surface area contributed by atoms with Crippen LogP contribution >= 0.6 is 11.3 Å². The third kappa shape index (κ3) is 4.44. The number of nitrogens with zero attached hydrogens (tertiary/aromatic N) is 2. The molecule has 5 rings (SSSR count). The van der Waals surface area contributed by atoms with Crippen molar-refractivity contribution in [1.29, 1.82) is 0 Å². The summed E-state index contributed by atoms with van der Waals surface area (Å²) in [7, 11) is 0. The zero-order valence-electron chi connectivity index (χ0n) is 19.5. The van der Waals surface area contributed by atoms with Crippen molar-refractivity contribution in [1.82, 2.24) is 15.1 Å². The summed E-state index contributed by atoms with van der Waals surface area (Å²) < 4.78 is 5.45. The van der Waals surface area contributed by atoms with Gasteiger partial charge in [-0.25, -0.2) is 4.79 Å². The van der Waals surface area contributed by atoms with Crippen LogP contribution < -0.4 is 5.32 Å². The number of hydrogen-bond donors (Lipinski definition) is 1. The maximum Gasteiger partial charge on any atom is 0.325 e. The first-order valence-corrected chi connectivity index (χ1v) is 12.1. The molecule has 2 aromatic carbocycles. The van der Waals surface area contributed by atoms with E-state index >= 15 is 0 Å². The molecular weight excluding hydrogens is 462 g/mol. The molecule has 3 heterocycles. The molecule has 4 aromatic rings. The number of imide groups is 1. The van der Waals surface area contributed by atoms with Gasteiger partial charge in [-0.05, 0) is 60.5 Å². The topological polar surface area (TPSA) is 82.9 Å². The molecule has 178 valence electrons. The van der Waals surface area contributed by atoms with Crippen LogP contribution in [0, 0.1) is 6.92 Å². The van der Waals surface area contributed by atoms with E-state index in [4.69, 9.17) is 4.42 Å². The fourth-order valence-corrected chi connectivity index (χ4v) is 5.26. The second kappa shape index (κ2) is 9.03. The van der Waals surface area contributed by atoms with Crippen molar-refractivity contribution < 1.29 is 18.8 Å². The number of amides is 4. The van der Waals surface area contributed by atoms with Crippen LogP contribution in [-0.2, 0) is 28.2 Å². The fourth-order valence-electron chi connectivity index (χ4n) is 4.35. The van der Waals surface area contributed by atoms with Gasteiger partial charge in [0.1, 0.15) is 17.8 Å². The summed E-state index contributed by atoms with van der Waals surface area (Å²) >= 11 is 1.60. The van der Waals surface area contributed by atoms with Crippen molar-refractivity contribution >= 4 is 40.0 Å². The lowest BCUT2D eigenvalue weighted by Crippen LogP contribution is -2.44. The van der Waals surface area contributed by atoms with Gasteiger partial charge in [0.25, 0.3) is 5.91 Å². The predicted molar refractivity (Wildman–Crippen MR) is 134 cm³/mol. The van der Waals surface area contributed by atoms with Crippen molar-refractivity contribution in [2.75, 3.05) is 6.54 Å². The van der Waals surface area contributed by atoms with Gasteiger partial charge in [-0.1, -0.05) is 36.4 Å². The SMILES string of the molecule is Cc1ccc(CN(Cc2ccco2)C(=O)CN2C(=O)N[C@@](C)(c3ccc4ccccc4c3)C2=O)s1. The molecule has 8 heteroatoms. The number of furan rings is 1. The van der Waals surface area contributed by atoms with E-state index in [0.717, 1.165) is 25.4 Å². The summed E-state index contributed by atoms with van der Waals surface area (Å²) in [4.78, 5) is 44.5. The molecule has 1 atom stereocenters. The average molecular weight is 488 g/mol. The maximum absolute atomic E-state index is 13.5. The van der Waals surface area contributed by atoms with Crippen molar-refractivity contribution in [3.05, 3.63) is 94.1 Å². The Kier molecular flexibility index (Phi) is 5.90. The van der Waals surface area contributed by atoms with Crippen LogP contribution in [0.5, 0.6) is 0 Å². The first-order chi connectivity index (χ1) is 16.8. The Morgan fingerprint density at radius 1 is 1.03 bits per heavy atom. The van der Waals surface area contributed by atoms with Gasteiger partial charge >= 0.3 is 6.03 Å². The minimum absolute atomic E-state index is 0.244. The predicted octanol–water partition coefficient (Wildman–Crippen LogP) is 4.80. The van der Waals surface area contributed by atoms with Gasteiger partial charge in [0, 0.05) is 9.75 Å². The van der Waals surface area contributed by atoms with Crippen LogP contribution in [-0.4, -0.2) is 34.2 Å². The van der Waals surface area contributed by atoms with E-state index in [9.17, 15) is 14.4 Å². The molecule has 1 aliphatic heterocycles. The van der Waals surface area contributed by atoms with E-state index < -0.39 is 17.5 Å². The Labute approximate surface area is 206 Å². The Morgan fingerprint density at radius 2 is 1.83 bits per heavy atom. The largest absolute Gasteiger partial charge is 0.467 e. The molecule has 35 heavy (non-hydrogen) atoms. The lowest BCUT2D eigenvalue weighted by Gasteiger charge is -2.25. The third-order valence-electron chi connectivity index (χ3n) is 6.32. The number of thiophene rings is 1. The lowest BCUT2D eigenvalue weighted by molar-refractivity contribution is -0.139. The first kappa shape index (κ1) is 22.9. The Bertz CT molecular complexity index is 1410. The number of rotatable bonds is 7. The van der Waals surface area contributed by atoms with Crippen molar-refractivity contribution in [3.8, 4) is 0 Å². The molecule has 0 unspecified atom stereocenters. The molecule has 0 bridgehead atoms. The molecule has 0 radical (unpaired) electrons. The first-order valence-electron chi connectivity index (χ1n) is 11.3. The minimum atomic E-state index is -1.25. The molecule has 0 saturated carbocycles. The number of nitrogens with one attached hydrogen (secondary N) is 1. The summed E-state index contributed by atoms with van der Waals surface area (Å²) in [6, 6.07) is 20.5. The van der Waals surface area contributed by atoms with E-state index in [1.165, 1.54) is 0 Å². The normalized spacial score (nSPS) is 17.7. The van der Waals surface area contributed by atoms with Gasteiger partial charge in [-0.3, -0.25) is 14.5 Å². The van der Waals surface area contributed by atoms with Crippen molar-refractivity contribution in [2.24, 2.45) is 0 Å². The van der Waals surface area contributed by atoms with E-state index in [1.54, 1.807) is 41.6 Å². The second-order valence-electron chi connectivity index (χ2n) is 8.85. The van der Waals surface area contributed by atoms with Crippen LogP contribution in [0.2, 0.25) is 0 Å². The molecular formula is C27H25N3O4S. The summed E-state index contributed by atoms with van der Waals surface area (Å²) in [6.45, 7) is 3.95. The number of carbonyl (C=O) groups is 3. The van der Waals surface area contributed by atoms with Crippen LogP contribution in [0.4, 0.5) is 4.79 Å². The molecule has 7 nitrogen and oxygen atoms in total. The van der Waals surface area contributed by atoms with Gasteiger partial charge in [-0.2, -0.15) is 0 Å². The molecule has 2 aromatic heterocycles. The van der Waals surface area contributed by atoms with Crippen LogP contribution in [0.25, 0.3) is 10.8 Å². The van der Waals surface area contributed by atoms with Crippen molar-refractivity contribution in [2.45, 2.75) is 32.5 Å². The molecule has 4 amide bonds. The number of benzene rings is 2. The summed E-state index contributed by atoms with van der Waals surface area (Å²) in [5.74, 6) is -0.153. The Balaban J connectivity index is 1.37. The van der Waals surface area contributed by atoms with Crippen molar-refractivity contribution in [3.63, 3.8) is 0 Å². The van der Waals surface area contributed by atoms with E-state index in [1.807, 2.05) is 61.5 Å². The fraction of sp³-hybridized carbons (Fsp3) is 0.222. The summed E-state index contributed by atoms with van der Waals surface area (Å²) in [5, 5.41) is 4.82. The Hall–Kier alpha value is -3.91. The average Bonchev–Trinajstić information content (AvgIpc) is 3.56. The summed E-state index contributed by atoms with van der Waals surface area (Å²) in [6.07, 6.45) is 1.56. The van der Waals surface area contributed by atoms with Crippen LogP contribution in [0.3, 0.4) is 0 Å². The van der Waals surface area contributed by atoms with Gasteiger partial charge in [0.2, 0.25) is 5.91 Å². The second-order valence-corrected chi connectivity index (χ2v) is 10.2. The quantitative estimate of drug-likeness (QED) is 0.380. The molecule has 1 aliphatic rings. The number of carbonyl (C=O) groups excluding carboxylic acids is 3. The zero-order valence-corrected chi connectivity index (χ0v) is 20.3. The standard InChI is InChI=1S/C27H25N3O4S/c1-18-9-12-23(35-18)16-29(15-22-8-5-13-34-22)24(31)17-30-25(32)27(2,28-26(30)33)21-11-10-19-6-3-4-7-20(19)14-21/h3-14H,15-17H2,1-2H3,(H,28,33)/t27-/m0/s1. The number of urea groups is 1. The van der Waals surface area contributed by atoms with E-state index in [0.29, 0.717) is 17.9 Å². The van der Waals surface area contributed by atoms with Crippen LogP contribution in [0.1, 0.15) is 28.0 Å². The van der Waals surface area contributed by atoms with Gasteiger partial charge < -0.3 is 14.6 Å². The highest BCUT2D eigenvalue weighted by Gasteiger charge is 2.49. The highest BCUT2D eigenvalue weighted by Crippen LogP contribution is 2.31. The van der Waals surface area contributed by atoms with Crippen LogP contribution in [0.15, 0.2) is 77.4 Å². The molecule has 0 spiro atoms. The monoisotopic (exact) mass is 487 g/mol. The van der Waals surface area contributed by atoms with E-state index in [2.05, 4.69) is 5.32 Å². The van der Waals surface area contributed by atoms with E-state index in [-0.39, 0.29) is 19.0 Å². The number of fused-ring (bicyclic) bond motifs is 1. The minimum Gasteiger partial charge on any atom is -0.467 e. The number of hydrogen-bond acceptors (Lipinski definition) is 5. The highest BCUT2D eigenvalue weighted by molar-refractivity contribution is 7.11. The molecule has 0 aliphatic carbocycles. The molecule has 1 N–H and O–H groups in total. The molecule has 1 saturated heterocycles. The highest BCUT2D eigenvalue weighted by atomic mass is 32.1. The van der Waals surface area contributed by atoms with Gasteiger partial charge in [-0.15, -0.1) is 11.3 Å². The number of aryl methyl sites for hydroxylation is 1. The zero-order chi connectivity index (χ0) is 24.6. The smallest absolute Gasteiger partial charge is 0.325 e. The summed E-state index contributed by atoms with van der Waals surface area (Å²) in [5.41, 5.74) is -0.580.